The van der Waals surface area contributed by atoms with E-state index < -0.39 is 17.7 Å². The molecule has 0 aromatic heterocycles. The molecule has 0 fully saturated rings. The second-order valence-electron chi connectivity index (χ2n) is 3.36. The van der Waals surface area contributed by atoms with Crippen molar-refractivity contribution < 1.29 is 22.7 Å². The van der Waals surface area contributed by atoms with E-state index in [-0.39, 0.29) is 12.2 Å². The molecular weight excluding hydrogens is 265 g/mol. The lowest BCUT2D eigenvalue weighted by molar-refractivity contribution is -0.137. The Labute approximate surface area is 108 Å². The van der Waals surface area contributed by atoms with Crippen LogP contribution >= 0.6 is 11.8 Å². The zero-order valence-corrected chi connectivity index (χ0v) is 10.8. The zero-order valence-electron chi connectivity index (χ0n) is 10.0. The van der Waals surface area contributed by atoms with Crippen LogP contribution in [0.2, 0.25) is 0 Å². The summed E-state index contributed by atoms with van der Waals surface area (Å²) in [5.41, 5.74) is -0.580. The van der Waals surface area contributed by atoms with Crippen molar-refractivity contribution >= 4 is 17.7 Å². The summed E-state index contributed by atoms with van der Waals surface area (Å²) in [7, 11) is 0. The fourth-order valence-electron chi connectivity index (χ4n) is 1.35. The molecular formula is C12H13F3O2S. The Morgan fingerprint density at radius 1 is 1.33 bits per heavy atom. The van der Waals surface area contributed by atoms with E-state index in [1.165, 1.54) is 17.8 Å². The summed E-state index contributed by atoms with van der Waals surface area (Å²) in [6.07, 6.45) is -4.41. The van der Waals surface area contributed by atoms with Gasteiger partial charge in [0.05, 0.1) is 17.7 Å². The first-order chi connectivity index (χ1) is 8.40. The van der Waals surface area contributed by atoms with E-state index in [0.717, 1.165) is 12.1 Å². The Kier molecular flexibility index (Phi) is 5.07. The second kappa shape index (κ2) is 6.13. The van der Waals surface area contributed by atoms with Crippen LogP contribution in [-0.2, 0) is 10.9 Å². The van der Waals surface area contributed by atoms with Crippen molar-refractivity contribution in [3.8, 4) is 0 Å². The third kappa shape index (κ3) is 3.66. The number of halogens is 3. The molecule has 0 aliphatic heterocycles. The van der Waals surface area contributed by atoms with Gasteiger partial charge in [-0.05, 0) is 30.9 Å². The van der Waals surface area contributed by atoms with Crippen molar-refractivity contribution in [3.05, 3.63) is 29.3 Å². The SMILES string of the molecule is CCOC(=O)c1ccc(C(F)(F)F)cc1SCC. The van der Waals surface area contributed by atoms with Gasteiger partial charge in [0.2, 0.25) is 0 Å². The maximum absolute atomic E-state index is 12.6. The van der Waals surface area contributed by atoms with Gasteiger partial charge in [0, 0.05) is 4.90 Å². The van der Waals surface area contributed by atoms with Crippen LogP contribution in [0.5, 0.6) is 0 Å². The number of rotatable bonds is 4. The lowest BCUT2D eigenvalue weighted by Crippen LogP contribution is -2.10. The predicted molar refractivity (Wildman–Crippen MR) is 63.8 cm³/mol. The number of hydrogen-bond acceptors (Lipinski definition) is 3. The third-order valence-corrected chi connectivity index (χ3v) is 3.04. The van der Waals surface area contributed by atoms with Gasteiger partial charge >= 0.3 is 12.1 Å². The first kappa shape index (κ1) is 14.9. The highest BCUT2D eigenvalue weighted by Gasteiger charge is 2.31. The molecule has 0 saturated heterocycles. The molecule has 1 rings (SSSR count). The molecule has 6 heteroatoms. The van der Waals surface area contributed by atoms with Crippen LogP contribution in [0.25, 0.3) is 0 Å². The molecule has 2 nitrogen and oxygen atoms in total. The molecule has 1 aromatic carbocycles. The van der Waals surface area contributed by atoms with Crippen molar-refractivity contribution in [1.29, 1.82) is 0 Å². The van der Waals surface area contributed by atoms with Gasteiger partial charge in [-0.25, -0.2) is 4.79 Å². The first-order valence-electron chi connectivity index (χ1n) is 5.41. The minimum atomic E-state index is -4.41. The molecule has 0 unspecified atom stereocenters. The number of thioether (sulfide) groups is 1. The Morgan fingerprint density at radius 2 is 2.00 bits per heavy atom. The Balaban J connectivity index is 3.16. The molecule has 0 aliphatic rings. The van der Waals surface area contributed by atoms with Crippen LogP contribution in [0.4, 0.5) is 13.2 Å². The molecule has 0 heterocycles. The van der Waals surface area contributed by atoms with E-state index in [2.05, 4.69) is 0 Å². The van der Waals surface area contributed by atoms with Crippen LogP contribution in [-0.4, -0.2) is 18.3 Å². The monoisotopic (exact) mass is 278 g/mol. The zero-order chi connectivity index (χ0) is 13.8. The summed E-state index contributed by atoms with van der Waals surface area (Å²) in [5, 5.41) is 0. The standard InChI is InChI=1S/C12H13F3O2S/c1-3-17-11(16)9-6-5-8(12(13,14)15)7-10(9)18-4-2/h5-7H,3-4H2,1-2H3. The van der Waals surface area contributed by atoms with Gasteiger partial charge < -0.3 is 4.74 Å². The lowest BCUT2D eigenvalue weighted by atomic mass is 10.1. The van der Waals surface area contributed by atoms with Crippen molar-refractivity contribution in [3.63, 3.8) is 0 Å². The lowest BCUT2D eigenvalue weighted by Gasteiger charge is -2.12. The van der Waals surface area contributed by atoms with E-state index in [9.17, 15) is 18.0 Å². The molecule has 0 spiro atoms. The van der Waals surface area contributed by atoms with Crippen LogP contribution in [0.3, 0.4) is 0 Å². The van der Waals surface area contributed by atoms with E-state index in [0.29, 0.717) is 10.6 Å². The summed E-state index contributed by atoms with van der Waals surface area (Å²) in [6, 6.07) is 3.05. The smallest absolute Gasteiger partial charge is 0.416 e. The van der Waals surface area contributed by atoms with Crippen molar-refractivity contribution in [1.82, 2.24) is 0 Å². The molecule has 0 amide bonds. The van der Waals surface area contributed by atoms with E-state index in [4.69, 9.17) is 4.74 Å². The summed E-state index contributed by atoms with van der Waals surface area (Å²) < 4.78 is 42.5. The Bertz CT molecular complexity index is 430. The number of benzene rings is 1. The fraction of sp³-hybridized carbons (Fsp3) is 0.417. The molecule has 0 saturated carbocycles. The largest absolute Gasteiger partial charge is 0.462 e. The molecule has 0 radical (unpaired) electrons. The Hall–Kier alpha value is -1.17. The number of carbonyl (C=O) groups is 1. The molecule has 0 atom stereocenters. The number of hydrogen-bond donors (Lipinski definition) is 0. The van der Waals surface area contributed by atoms with Gasteiger partial charge in [-0.1, -0.05) is 6.92 Å². The average Bonchev–Trinajstić information content (AvgIpc) is 2.28. The highest BCUT2D eigenvalue weighted by Crippen LogP contribution is 2.33. The predicted octanol–water partition coefficient (Wildman–Crippen LogP) is 3.99. The molecule has 0 N–H and O–H groups in total. The minimum Gasteiger partial charge on any atom is -0.462 e. The van der Waals surface area contributed by atoms with Gasteiger partial charge in [-0.3, -0.25) is 0 Å². The highest BCUT2D eigenvalue weighted by molar-refractivity contribution is 7.99. The summed E-state index contributed by atoms with van der Waals surface area (Å²) in [6.45, 7) is 3.64. The van der Waals surface area contributed by atoms with Crippen molar-refractivity contribution in [2.24, 2.45) is 0 Å². The van der Waals surface area contributed by atoms with Crippen molar-refractivity contribution in [2.75, 3.05) is 12.4 Å². The second-order valence-corrected chi connectivity index (χ2v) is 4.67. The maximum atomic E-state index is 12.6. The quantitative estimate of drug-likeness (QED) is 0.615. The van der Waals surface area contributed by atoms with Crippen LogP contribution in [0.1, 0.15) is 29.8 Å². The number of esters is 1. The topological polar surface area (TPSA) is 26.3 Å². The first-order valence-corrected chi connectivity index (χ1v) is 6.39. The van der Waals surface area contributed by atoms with E-state index in [1.807, 2.05) is 0 Å². The van der Waals surface area contributed by atoms with Gasteiger partial charge in [0.1, 0.15) is 0 Å². The molecule has 18 heavy (non-hydrogen) atoms. The summed E-state index contributed by atoms with van der Waals surface area (Å²) in [5.74, 6) is -0.0181. The van der Waals surface area contributed by atoms with Crippen LogP contribution < -0.4 is 0 Å². The van der Waals surface area contributed by atoms with Gasteiger partial charge in [0.25, 0.3) is 0 Å². The maximum Gasteiger partial charge on any atom is 0.416 e. The van der Waals surface area contributed by atoms with Crippen molar-refractivity contribution in [2.45, 2.75) is 24.9 Å². The van der Waals surface area contributed by atoms with E-state index >= 15 is 0 Å². The molecule has 0 bridgehead atoms. The minimum absolute atomic E-state index is 0.178. The number of carbonyl (C=O) groups excluding carboxylic acids is 1. The number of ether oxygens (including phenoxy) is 1. The summed E-state index contributed by atoms with van der Waals surface area (Å²) in [4.78, 5) is 11.9. The average molecular weight is 278 g/mol. The van der Waals surface area contributed by atoms with Gasteiger partial charge in [0.15, 0.2) is 0 Å². The Morgan fingerprint density at radius 3 is 2.50 bits per heavy atom. The summed E-state index contributed by atoms with van der Waals surface area (Å²) >= 11 is 1.19. The fourth-order valence-corrected chi connectivity index (χ4v) is 2.18. The van der Waals surface area contributed by atoms with Crippen LogP contribution in [0.15, 0.2) is 23.1 Å². The number of alkyl halides is 3. The van der Waals surface area contributed by atoms with E-state index in [1.54, 1.807) is 13.8 Å². The van der Waals surface area contributed by atoms with Crippen LogP contribution in [0, 0.1) is 0 Å². The molecule has 1 aromatic rings. The third-order valence-electron chi connectivity index (χ3n) is 2.10. The van der Waals surface area contributed by atoms with Gasteiger partial charge in [-0.15, -0.1) is 11.8 Å². The van der Waals surface area contributed by atoms with Gasteiger partial charge in [-0.2, -0.15) is 13.2 Å². The molecule has 0 aliphatic carbocycles. The normalized spacial score (nSPS) is 11.4. The molecule has 100 valence electrons. The highest BCUT2D eigenvalue weighted by atomic mass is 32.2.